The Balaban J connectivity index is 1.89. The molecule has 3 aromatic carbocycles. The summed E-state index contributed by atoms with van der Waals surface area (Å²) in [5.41, 5.74) is 4.65. The summed E-state index contributed by atoms with van der Waals surface area (Å²) >= 11 is 1.51. The Kier molecular flexibility index (Phi) is 6.41. The van der Waals surface area contributed by atoms with Crippen molar-refractivity contribution >= 4 is 11.3 Å². The van der Waals surface area contributed by atoms with Gasteiger partial charge in [-0.25, -0.2) is 4.98 Å². The molecule has 0 radical (unpaired) electrons. The largest absolute Gasteiger partial charge is 0.504 e. The number of ether oxygens (including phenoxy) is 2. The minimum Gasteiger partial charge on any atom is -0.504 e. The summed E-state index contributed by atoms with van der Waals surface area (Å²) in [6.07, 6.45) is 0. The molecular formula is C25H23NO5S. The lowest BCUT2D eigenvalue weighted by molar-refractivity contribution is 0.272. The number of aliphatic hydroxyl groups excluding tert-OH is 2. The third-order valence-corrected chi connectivity index (χ3v) is 6.33. The molecular weight excluding hydrogens is 426 g/mol. The number of thiazole rings is 1. The molecule has 0 aliphatic heterocycles. The Hall–Kier alpha value is -3.39. The lowest BCUT2D eigenvalue weighted by Crippen LogP contribution is -1.92. The molecule has 7 heteroatoms. The normalized spacial score (nSPS) is 10.9. The van der Waals surface area contributed by atoms with E-state index in [0.717, 1.165) is 43.6 Å². The van der Waals surface area contributed by atoms with Crippen LogP contribution in [-0.2, 0) is 13.2 Å². The van der Waals surface area contributed by atoms with E-state index in [9.17, 15) is 15.3 Å². The Morgan fingerprint density at radius 3 is 2.09 bits per heavy atom. The number of aromatic nitrogens is 1. The van der Waals surface area contributed by atoms with Crippen molar-refractivity contribution in [2.75, 3.05) is 14.2 Å². The van der Waals surface area contributed by atoms with Crippen LogP contribution >= 0.6 is 11.3 Å². The number of benzene rings is 3. The minimum absolute atomic E-state index is 0.0226. The maximum absolute atomic E-state index is 10.2. The number of phenols is 1. The van der Waals surface area contributed by atoms with Crippen molar-refractivity contribution < 1.29 is 24.8 Å². The highest BCUT2D eigenvalue weighted by Gasteiger charge is 2.19. The maximum atomic E-state index is 10.2. The first-order valence-corrected chi connectivity index (χ1v) is 10.8. The van der Waals surface area contributed by atoms with Crippen LogP contribution in [0.1, 0.15) is 11.1 Å². The molecule has 0 fully saturated rings. The first kappa shape index (κ1) is 21.8. The second-order valence-electron chi connectivity index (χ2n) is 7.12. The van der Waals surface area contributed by atoms with Gasteiger partial charge < -0.3 is 24.8 Å². The quantitative estimate of drug-likeness (QED) is 0.374. The number of nitrogens with zero attached hydrogens (tertiary/aromatic N) is 1. The third kappa shape index (κ3) is 4.18. The highest BCUT2D eigenvalue weighted by Crippen LogP contribution is 2.43. The van der Waals surface area contributed by atoms with Gasteiger partial charge in [-0.2, -0.15) is 0 Å². The molecule has 0 atom stereocenters. The van der Waals surface area contributed by atoms with E-state index in [4.69, 9.17) is 14.5 Å². The van der Waals surface area contributed by atoms with Crippen molar-refractivity contribution in [2.45, 2.75) is 13.2 Å². The van der Waals surface area contributed by atoms with Crippen LogP contribution in [0, 0.1) is 0 Å². The molecule has 0 aliphatic rings. The smallest absolute Gasteiger partial charge is 0.163 e. The Bertz CT molecular complexity index is 1130. The summed E-state index contributed by atoms with van der Waals surface area (Å²) in [7, 11) is 3.10. The number of aliphatic hydroxyl groups is 2. The first-order chi connectivity index (χ1) is 15.6. The van der Waals surface area contributed by atoms with Gasteiger partial charge in [-0.1, -0.05) is 24.3 Å². The summed E-state index contributed by atoms with van der Waals surface area (Å²) in [6, 6.07) is 18.8. The van der Waals surface area contributed by atoms with E-state index in [1.54, 1.807) is 19.2 Å². The van der Waals surface area contributed by atoms with Gasteiger partial charge in [0.15, 0.2) is 11.5 Å². The van der Waals surface area contributed by atoms with Crippen LogP contribution in [0.4, 0.5) is 0 Å². The molecule has 4 aromatic rings. The van der Waals surface area contributed by atoms with Gasteiger partial charge in [-0.3, -0.25) is 0 Å². The second kappa shape index (κ2) is 9.40. The van der Waals surface area contributed by atoms with E-state index in [0.29, 0.717) is 5.56 Å². The van der Waals surface area contributed by atoms with E-state index < -0.39 is 0 Å². The standard InChI is InChI=1S/C25H23NO5S/c1-30-20-9-7-17(8-10-20)24-22(16-5-3-15(13-27)4-6-16)26-25(32-24)18-11-19(14-28)23(29)21(12-18)31-2/h3-12,27-29H,13-14H2,1-2H3. The topological polar surface area (TPSA) is 92.0 Å². The SMILES string of the molecule is COc1ccc(-c2sc(-c3cc(CO)c(O)c(OC)c3)nc2-c2ccc(CO)cc2)cc1. The Morgan fingerprint density at radius 2 is 1.50 bits per heavy atom. The minimum atomic E-state index is -0.317. The summed E-state index contributed by atoms with van der Waals surface area (Å²) in [5, 5.41) is 30.0. The van der Waals surface area contributed by atoms with E-state index in [1.807, 2.05) is 48.5 Å². The molecule has 6 nitrogen and oxygen atoms in total. The van der Waals surface area contributed by atoms with Gasteiger partial charge in [0.05, 0.1) is 38.0 Å². The van der Waals surface area contributed by atoms with Gasteiger partial charge in [-0.15, -0.1) is 11.3 Å². The summed E-state index contributed by atoms with van der Waals surface area (Å²) < 4.78 is 10.6. The van der Waals surface area contributed by atoms with Crippen LogP contribution in [0.5, 0.6) is 17.2 Å². The van der Waals surface area contributed by atoms with Crippen molar-refractivity contribution in [1.29, 1.82) is 0 Å². The Morgan fingerprint density at radius 1 is 0.812 bits per heavy atom. The van der Waals surface area contributed by atoms with E-state index in [2.05, 4.69) is 0 Å². The predicted octanol–water partition coefficient (Wildman–Crippen LogP) is 4.85. The molecule has 1 heterocycles. The van der Waals surface area contributed by atoms with Crippen LogP contribution in [0.2, 0.25) is 0 Å². The van der Waals surface area contributed by atoms with Gasteiger partial charge in [-0.05, 0) is 47.5 Å². The zero-order valence-electron chi connectivity index (χ0n) is 17.7. The summed E-state index contributed by atoms with van der Waals surface area (Å²) in [4.78, 5) is 5.88. The molecule has 164 valence electrons. The van der Waals surface area contributed by atoms with Crippen LogP contribution in [0.25, 0.3) is 32.3 Å². The predicted molar refractivity (Wildman–Crippen MR) is 125 cm³/mol. The van der Waals surface area contributed by atoms with Crippen molar-refractivity contribution in [3.8, 4) is 49.5 Å². The fraction of sp³-hybridized carbons (Fsp3) is 0.160. The Labute approximate surface area is 190 Å². The number of methoxy groups -OCH3 is 2. The van der Waals surface area contributed by atoms with Gasteiger partial charge in [0.25, 0.3) is 0 Å². The zero-order chi connectivity index (χ0) is 22.7. The van der Waals surface area contributed by atoms with Crippen LogP contribution in [0.15, 0.2) is 60.7 Å². The zero-order valence-corrected chi connectivity index (χ0v) is 18.5. The van der Waals surface area contributed by atoms with Gasteiger partial charge in [0.1, 0.15) is 10.8 Å². The maximum Gasteiger partial charge on any atom is 0.163 e. The molecule has 1 aromatic heterocycles. The van der Waals surface area contributed by atoms with Gasteiger partial charge in [0, 0.05) is 16.7 Å². The molecule has 0 saturated heterocycles. The van der Waals surface area contributed by atoms with E-state index in [1.165, 1.54) is 18.4 Å². The van der Waals surface area contributed by atoms with Crippen LogP contribution < -0.4 is 9.47 Å². The number of rotatable bonds is 7. The fourth-order valence-corrected chi connectivity index (χ4v) is 4.49. The average molecular weight is 450 g/mol. The second-order valence-corrected chi connectivity index (χ2v) is 8.12. The molecule has 0 spiro atoms. The van der Waals surface area contributed by atoms with E-state index >= 15 is 0 Å². The molecule has 0 saturated carbocycles. The molecule has 0 amide bonds. The molecule has 0 bridgehead atoms. The van der Waals surface area contributed by atoms with Crippen molar-refractivity contribution in [1.82, 2.24) is 4.98 Å². The van der Waals surface area contributed by atoms with Crippen LogP contribution in [0.3, 0.4) is 0 Å². The number of aromatic hydroxyl groups is 1. The lowest BCUT2D eigenvalue weighted by atomic mass is 10.0. The number of hydrogen-bond donors (Lipinski definition) is 3. The number of hydrogen-bond acceptors (Lipinski definition) is 7. The first-order valence-electron chi connectivity index (χ1n) is 9.94. The third-order valence-electron chi connectivity index (χ3n) is 5.18. The van der Waals surface area contributed by atoms with Crippen molar-refractivity contribution in [2.24, 2.45) is 0 Å². The molecule has 3 N–H and O–H groups in total. The summed E-state index contributed by atoms with van der Waals surface area (Å²) in [6.45, 7) is -0.340. The van der Waals surface area contributed by atoms with E-state index in [-0.39, 0.29) is 24.7 Å². The molecule has 0 aliphatic carbocycles. The highest BCUT2D eigenvalue weighted by molar-refractivity contribution is 7.19. The summed E-state index contributed by atoms with van der Waals surface area (Å²) in [5.74, 6) is 0.968. The average Bonchev–Trinajstić information content (AvgIpc) is 3.29. The molecule has 32 heavy (non-hydrogen) atoms. The molecule has 0 unspecified atom stereocenters. The molecule has 4 rings (SSSR count). The van der Waals surface area contributed by atoms with Gasteiger partial charge in [0.2, 0.25) is 0 Å². The van der Waals surface area contributed by atoms with Crippen molar-refractivity contribution in [3.05, 3.63) is 71.8 Å². The van der Waals surface area contributed by atoms with Crippen LogP contribution in [-0.4, -0.2) is 34.5 Å². The van der Waals surface area contributed by atoms with Gasteiger partial charge >= 0.3 is 0 Å². The lowest BCUT2D eigenvalue weighted by Gasteiger charge is -2.09. The highest BCUT2D eigenvalue weighted by atomic mass is 32.1. The van der Waals surface area contributed by atoms with Crippen molar-refractivity contribution in [3.63, 3.8) is 0 Å². The monoisotopic (exact) mass is 449 g/mol. The fourth-order valence-electron chi connectivity index (χ4n) is 3.41.